The molecule has 0 unspecified atom stereocenters. The van der Waals surface area contributed by atoms with Crippen molar-refractivity contribution in [1.82, 2.24) is 24.8 Å². The Kier molecular flexibility index (Phi) is 7.21. The lowest BCUT2D eigenvalue weighted by Gasteiger charge is -2.12. The average molecular weight is 541 g/mol. The third kappa shape index (κ3) is 5.41. The van der Waals surface area contributed by atoms with Gasteiger partial charge in [0.1, 0.15) is 11.3 Å². The molecule has 3 N–H and O–H groups in total. The largest absolute Gasteiger partial charge is 0.465 e. The second kappa shape index (κ2) is 11.4. The van der Waals surface area contributed by atoms with Crippen molar-refractivity contribution in [2.24, 2.45) is 0 Å². The van der Waals surface area contributed by atoms with Crippen molar-refractivity contribution < 1.29 is 9.53 Å². The lowest BCUT2D eigenvalue weighted by Crippen LogP contribution is -2.13. The van der Waals surface area contributed by atoms with Gasteiger partial charge < -0.3 is 15.8 Å². The predicted octanol–water partition coefficient (Wildman–Crippen LogP) is 5.81. The molecule has 3 heterocycles. The van der Waals surface area contributed by atoms with Crippen molar-refractivity contribution in [2.45, 2.75) is 13.1 Å². The Morgan fingerprint density at radius 3 is 2.22 bits per heavy atom. The monoisotopic (exact) mass is 540 g/mol. The fourth-order valence-electron chi connectivity index (χ4n) is 4.75. The number of hydrogen-bond acceptors (Lipinski definition) is 7. The standard InChI is InChI=1S/C33H28N6O2/c1-41-33(40)25-13-9-22(10-14-25)20-35-21-23-11-15-26(16-12-23)39-31(27-8-5-19-36-30(27)34)38-29-18-17-28(37-32(29)39)24-6-3-2-4-7-24/h2-19,35H,20-21H2,1H3,(H2,34,36). The SMILES string of the molecule is COC(=O)c1ccc(CNCc2ccc(-n3c(-c4cccnc4N)nc4ccc(-c5ccccc5)nc43)cc2)cc1. The molecule has 6 rings (SSSR count). The van der Waals surface area contributed by atoms with Gasteiger partial charge in [-0.3, -0.25) is 4.57 Å². The van der Waals surface area contributed by atoms with E-state index in [0.29, 0.717) is 30.3 Å². The molecule has 0 bridgehead atoms. The summed E-state index contributed by atoms with van der Waals surface area (Å²) < 4.78 is 6.80. The second-order valence-corrected chi connectivity index (χ2v) is 9.57. The van der Waals surface area contributed by atoms with Gasteiger partial charge in [-0.25, -0.2) is 19.7 Å². The number of carbonyl (C=O) groups excluding carboxylic acids is 1. The van der Waals surface area contributed by atoms with E-state index in [-0.39, 0.29) is 5.97 Å². The molecular weight excluding hydrogens is 512 g/mol. The van der Waals surface area contributed by atoms with Gasteiger partial charge in [-0.05, 0) is 59.7 Å². The number of nitrogen functional groups attached to an aromatic ring is 1. The predicted molar refractivity (Wildman–Crippen MR) is 160 cm³/mol. The molecule has 3 aromatic carbocycles. The molecule has 0 atom stereocenters. The van der Waals surface area contributed by atoms with E-state index >= 15 is 0 Å². The van der Waals surface area contributed by atoms with Crippen LogP contribution in [0.25, 0.3) is 39.5 Å². The molecule has 3 aromatic heterocycles. The minimum atomic E-state index is -0.337. The highest BCUT2D eigenvalue weighted by molar-refractivity contribution is 5.89. The number of methoxy groups -OCH3 is 1. The first-order valence-corrected chi connectivity index (χ1v) is 13.2. The Balaban J connectivity index is 1.29. The van der Waals surface area contributed by atoms with Crippen LogP contribution in [0.2, 0.25) is 0 Å². The van der Waals surface area contributed by atoms with E-state index in [9.17, 15) is 4.79 Å². The van der Waals surface area contributed by atoms with E-state index in [4.69, 9.17) is 20.4 Å². The molecule has 0 spiro atoms. The van der Waals surface area contributed by atoms with Gasteiger partial charge in [-0.15, -0.1) is 0 Å². The van der Waals surface area contributed by atoms with E-state index in [2.05, 4.69) is 34.6 Å². The molecule has 0 aliphatic rings. The molecule has 0 fully saturated rings. The first-order chi connectivity index (χ1) is 20.1. The number of nitrogens with two attached hydrogens (primary N) is 1. The number of ether oxygens (including phenoxy) is 1. The number of rotatable bonds is 8. The average Bonchev–Trinajstić information content (AvgIpc) is 3.40. The van der Waals surface area contributed by atoms with E-state index in [1.807, 2.05) is 71.3 Å². The molecule has 41 heavy (non-hydrogen) atoms. The Morgan fingerprint density at radius 1 is 0.829 bits per heavy atom. The Hall–Kier alpha value is -5.34. The van der Waals surface area contributed by atoms with Gasteiger partial charge in [0.05, 0.1) is 23.9 Å². The zero-order valence-electron chi connectivity index (χ0n) is 22.5. The third-order valence-electron chi connectivity index (χ3n) is 6.88. The van der Waals surface area contributed by atoms with Crippen LogP contribution in [0.4, 0.5) is 5.82 Å². The molecule has 0 amide bonds. The fourth-order valence-corrected chi connectivity index (χ4v) is 4.75. The molecule has 0 saturated carbocycles. The van der Waals surface area contributed by atoms with Crippen molar-refractivity contribution >= 4 is 23.0 Å². The van der Waals surface area contributed by atoms with Crippen molar-refractivity contribution in [3.05, 3.63) is 126 Å². The van der Waals surface area contributed by atoms with Crippen molar-refractivity contribution in [3.8, 4) is 28.3 Å². The van der Waals surface area contributed by atoms with Crippen LogP contribution in [0.15, 0.2) is 109 Å². The number of fused-ring (bicyclic) bond motifs is 1. The summed E-state index contributed by atoms with van der Waals surface area (Å²) in [4.78, 5) is 25.9. The zero-order chi connectivity index (χ0) is 28.2. The highest BCUT2D eigenvalue weighted by Gasteiger charge is 2.18. The zero-order valence-corrected chi connectivity index (χ0v) is 22.5. The van der Waals surface area contributed by atoms with E-state index in [1.165, 1.54) is 7.11 Å². The van der Waals surface area contributed by atoms with Crippen LogP contribution in [0.1, 0.15) is 21.5 Å². The molecule has 0 radical (unpaired) electrons. The summed E-state index contributed by atoms with van der Waals surface area (Å²) in [5.41, 5.74) is 14.1. The Labute approximate surface area is 237 Å². The van der Waals surface area contributed by atoms with Gasteiger partial charge in [-0.1, -0.05) is 54.6 Å². The van der Waals surface area contributed by atoms with Gasteiger partial charge in [-0.2, -0.15) is 0 Å². The van der Waals surface area contributed by atoms with Gasteiger partial charge in [0.2, 0.25) is 0 Å². The van der Waals surface area contributed by atoms with Crippen LogP contribution in [0.5, 0.6) is 0 Å². The smallest absolute Gasteiger partial charge is 0.337 e. The summed E-state index contributed by atoms with van der Waals surface area (Å²) in [6.07, 6.45) is 1.67. The van der Waals surface area contributed by atoms with E-state index in [1.54, 1.807) is 18.3 Å². The second-order valence-electron chi connectivity index (χ2n) is 9.57. The number of imidazole rings is 1. The van der Waals surface area contributed by atoms with Gasteiger partial charge >= 0.3 is 5.97 Å². The number of aromatic nitrogens is 4. The number of nitrogens with one attached hydrogen (secondary N) is 1. The topological polar surface area (TPSA) is 108 Å². The number of esters is 1. The van der Waals surface area contributed by atoms with Gasteiger partial charge in [0.25, 0.3) is 0 Å². The Morgan fingerprint density at radius 2 is 1.54 bits per heavy atom. The number of nitrogens with zero attached hydrogens (tertiary/aromatic N) is 4. The molecule has 8 heteroatoms. The van der Waals surface area contributed by atoms with E-state index in [0.717, 1.165) is 44.8 Å². The molecule has 0 aliphatic carbocycles. The van der Waals surface area contributed by atoms with Crippen LogP contribution in [-0.2, 0) is 17.8 Å². The maximum atomic E-state index is 11.7. The van der Waals surface area contributed by atoms with Crippen molar-refractivity contribution in [3.63, 3.8) is 0 Å². The summed E-state index contributed by atoms with van der Waals surface area (Å²) in [7, 11) is 1.38. The number of anilines is 1. The minimum absolute atomic E-state index is 0.337. The van der Waals surface area contributed by atoms with Crippen molar-refractivity contribution in [1.29, 1.82) is 0 Å². The number of hydrogen-bond donors (Lipinski definition) is 2. The normalized spacial score (nSPS) is 11.0. The summed E-state index contributed by atoms with van der Waals surface area (Å²) >= 11 is 0. The molecular formula is C33H28N6O2. The fraction of sp³-hybridized carbons (Fsp3) is 0.0909. The van der Waals surface area contributed by atoms with Crippen LogP contribution < -0.4 is 11.1 Å². The van der Waals surface area contributed by atoms with Gasteiger partial charge in [0.15, 0.2) is 11.5 Å². The van der Waals surface area contributed by atoms with E-state index < -0.39 is 0 Å². The maximum absolute atomic E-state index is 11.7. The lowest BCUT2D eigenvalue weighted by molar-refractivity contribution is 0.0600. The Bertz CT molecular complexity index is 1810. The molecule has 8 nitrogen and oxygen atoms in total. The minimum Gasteiger partial charge on any atom is -0.465 e. The number of pyridine rings is 2. The molecule has 0 aliphatic heterocycles. The third-order valence-corrected chi connectivity index (χ3v) is 6.88. The molecule has 6 aromatic rings. The van der Waals surface area contributed by atoms with Gasteiger partial charge in [0, 0.05) is 30.5 Å². The highest BCUT2D eigenvalue weighted by Crippen LogP contribution is 2.31. The maximum Gasteiger partial charge on any atom is 0.337 e. The van der Waals surface area contributed by atoms with Crippen LogP contribution in [-0.4, -0.2) is 32.6 Å². The van der Waals surface area contributed by atoms with Crippen molar-refractivity contribution in [2.75, 3.05) is 12.8 Å². The number of benzene rings is 3. The highest BCUT2D eigenvalue weighted by atomic mass is 16.5. The molecule has 0 saturated heterocycles. The summed E-state index contributed by atoms with van der Waals surface area (Å²) in [5, 5.41) is 3.46. The summed E-state index contributed by atoms with van der Waals surface area (Å²) in [6, 6.07) is 33.6. The lowest BCUT2D eigenvalue weighted by atomic mass is 10.1. The molecule has 202 valence electrons. The first kappa shape index (κ1) is 25.9. The van der Waals surface area contributed by atoms with Crippen LogP contribution in [0, 0.1) is 0 Å². The quantitative estimate of drug-likeness (QED) is 0.235. The first-order valence-electron chi connectivity index (χ1n) is 13.2. The number of carbonyl (C=O) groups is 1. The van der Waals surface area contributed by atoms with Crippen LogP contribution >= 0.6 is 0 Å². The summed E-state index contributed by atoms with van der Waals surface area (Å²) in [5.74, 6) is 0.758. The summed E-state index contributed by atoms with van der Waals surface area (Å²) in [6.45, 7) is 1.36. The van der Waals surface area contributed by atoms with Crippen LogP contribution in [0.3, 0.4) is 0 Å².